The topological polar surface area (TPSA) is 46.9 Å². The standard InChI is InChI=1S/C12H21N3O/c1-6-7-8(2)13-12(16)11-9(3)14-15(5)10(11)4/h8H,6-7H2,1-5H3,(H,13,16)/t8-/m1/s1. The highest BCUT2D eigenvalue weighted by molar-refractivity contribution is 5.96. The van der Waals surface area contributed by atoms with Crippen molar-refractivity contribution in [2.45, 2.75) is 46.6 Å². The molecule has 1 heterocycles. The van der Waals surface area contributed by atoms with Gasteiger partial charge in [-0.05, 0) is 27.2 Å². The highest BCUT2D eigenvalue weighted by Crippen LogP contribution is 2.12. The van der Waals surface area contributed by atoms with Crippen molar-refractivity contribution in [2.24, 2.45) is 7.05 Å². The van der Waals surface area contributed by atoms with Gasteiger partial charge in [0, 0.05) is 18.8 Å². The first-order chi connectivity index (χ1) is 7.47. The summed E-state index contributed by atoms with van der Waals surface area (Å²) in [4.78, 5) is 12.0. The first-order valence-corrected chi connectivity index (χ1v) is 5.78. The SMILES string of the molecule is CCC[C@@H](C)NC(=O)c1c(C)nn(C)c1C. The molecule has 4 nitrogen and oxygen atoms in total. The zero-order chi connectivity index (χ0) is 12.3. The third-order valence-electron chi connectivity index (χ3n) is 2.84. The summed E-state index contributed by atoms with van der Waals surface area (Å²) < 4.78 is 1.74. The van der Waals surface area contributed by atoms with Crippen molar-refractivity contribution in [3.05, 3.63) is 17.0 Å². The molecule has 0 radical (unpaired) electrons. The molecule has 0 spiro atoms. The van der Waals surface area contributed by atoms with Crippen LogP contribution in [0.4, 0.5) is 0 Å². The molecule has 0 bridgehead atoms. The van der Waals surface area contributed by atoms with Crippen LogP contribution in [-0.4, -0.2) is 21.7 Å². The van der Waals surface area contributed by atoms with Crippen LogP contribution in [0.15, 0.2) is 0 Å². The molecule has 0 saturated heterocycles. The Hall–Kier alpha value is -1.32. The minimum atomic E-state index is -0.0101. The molecule has 0 unspecified atom stereocenters. The maximum absolute atomic E-state index is 12.0. The van der Waals surface area contributed by atoms with Gasteiger partial charge >= 0.3 is 0 Å². The molecule has 1 aromatic rings. The zero-order valence-corrected chi connectivity index (χ0v) is 10.8. The van der Waals surface area contributed by atoms with Gasteiger partial charge in [-0.25, -0.2) is 0 Å². The molecular formula is C12H21N3O. The Balaban J connectivity index is 2.80. The molecule has 4 heteroatoms. The number of amides is 1. The number of aromatic nitrogens is 2. The smallest absolute Gasteiger partial charge is 0.255 e. The van der Waals surface area contributed by atoms with E-state index in [0.29, 0.717) is 5.56 Å². The number of carbonyl (C=O) groups excluding carboxylic acids is 1. The monoisotopic (exact) mass is 223 g/mol. The predicted molar refractivity (Wildman–Crippen MR) is 64.5 cm³/mol. The maximum Gasteiger partial charge on any atom is 0.255 e. The van der Waals surface area contributed by atoms with E-state index in [9.17, 15) is 4.79 Å². The van der Waals surface area contributed by atoms with E-state index in [1.165, 1.54) is 0 Å². The van der Waals surface area contributed by atoms with Crippen LogP contribution in [-0.2, 0) is 7.05 Å². The van der Waals surface area contributed by atoms with Crippen molar-refractivity contribution in [3.63, 3.8) is 0 Å². The quantitative estimate of drug-likeness (QED) is 0.848. The Kier molecular flexibility index (Phi) is 4.10. The number of nitrogens with one attached hydrogen (secondary N) is 1. The van der Waals surface area contributed by atoms with E-state index in [0.717, 1.165) is 24.2 Å². The van der Waals surface area contributed by atoms with Gasteiger partial charge in [-0.2, -0.15) is 5.10 Å². The molecule has 0 fully saturated rings. The van der Waals surface area contributed by atoms with Crippen molar-refractivity contribution in [2.75, 3.05) is 0 Å². The number of hydrogen-bond donors (Lipinski definition) is 1. The molecule has 90 valence electrons. The minimum Gasteiger partial charge on any atom is -0.349 e. The van der Waals surface area contributed by atoms with Gasteiger partial charge in [0.2, 0.25) is 0 Å². The van der Waals surface area contributed by atoms with Gasteiger partial charge in [-0.3, -0.25) is 9.48 Å². The number of hydrogen-bond acceptors (Lipinski definition) is 2. The first-order valence-electron chi connectivity index (χ1n) is 5.78. The molecule has 1 aromatic heterocycles. The average Bonchev–Trinajstić information content (AvgIpc) is 2.41. The van der Waals surface area contributed by atoms with Crippen LogP contribution in [0, 0.1) is 13.8 Å². The Morgan fingerprint density at radius 2 is 2.12 bits per heavy atom. The van der Waals surface area contributed by atoms with Crippen molar-refractivity contribution < 1.29 is 4.79 Å². The molecule has 16 heavy (non-hydrogen) atoms. The van der Waals surface area contributed by atoms with Gasteiger partial charge in [-0.1, -0.05) is 13.3 Å². The predicted octanol–water partition coefficient (Wildman–Crippen LogP) is 1.96. The molecule has 1 amide bonds. The Morgan fingerprint density at radius 3 is 2.56 bits per heavy atom. The summed E-state index contributed by atoms with van der Waals surface area (Å²) in [6.45, 7) is 7.93. The van der Waals surface area contributed by atoms with Crippen LogP contribution in [0.2, 0.25) is 0 Å². The van der Waals surface area contributed by atoms with Crippen molar-refractivity contribution in [3.8, 4) is 0 Å². The van der Waals surface area contributed by atoms with E-state index in [1.807, 2.05) is 27.8 Å². The third kappa shape index (κ3) is 2.62. The van der Waals surface area contributed by atoms with E-state index >= 15 is 0 Å². The van der Waals surface area contributed by atoms with E-state index in [2.05, 4.69) is 17.3 Å². The normalized spacial score (nSPS) is 12.6. The van der Waals surface area contributed by atoms with E-state index < -0.39 is 0 Å². The molecule has 0 aliphatic carbocycles. The van der Waals surface area contributed by atoms with Gasteiger partial charge in [0.15, 0.2) is 0 Å². The molecular weight excluding hydrogens is 202 g/mol. The lowest BCUT2D eigenvalue weighted by Crippen LogP contribution is -2.33. The fourth-order valence-electron chi connectivity index (χ4n) is 1.90. The van der Waals surface area contributed by atoms with Crippen LogP contribution in [0.3, 0.4) is 0 Å². The first kappa shape index (κ1) is 12.7. The lowest BCUT2D eigenvalue weighted by atomic mass is 10.1. The molecule has 1 rings (SSSR count). The second kappa shape index (κ2) is 5.14. The summed E-state index contributed by atoms with van der Waals surface area (Å²) in [6.07, 6.45) is 2.08. The summed E-state index contributed by atoms with van der Waals surface area (Å²) in [5, 5.41) is 7.24. The lowest BCUT2D eigenvalue weighted by molar-refractivity contribution is 0.0937. The van der Waals surface area contributed by atoms with Crippen molar-refractivity contribution in [1.29, 1.82) is 0 Å². The van der Waals surface area contributed by atoms with Crippen LogP contribution in [0.25, 0.3) is 0 Å². The van der Waals surface area contributed by atoms with E-state index in [4.69, 9.17) is 0 Å². The molecule has 0 saturated carbocycles. The Labute approximate surface area is 97.0 Å². The number of aryl methyl sites for hydroxylation is 2. The van der Waals surface area contributed by atoms with Gasteiger partial charge in [0.25, 0.3) is 5.91 Å². The van der Waals surface area contributed by atoms with E-state index in [1.54, 1.807) is 4.68 Å². The number of nitrogens with zero attached hydrogens (tertiary/aromatic N) is 2. The highest BCUT2D eigenvalue weighted by atomic mass is 16.1. The molecule has 0 aliphatic heterocycles. The maximum atomic E-state index is 12.0. The van der Waals surface area contributed by atoms with Gasteiger partial charge < -0.3 is 5.32 Å². The van der Waals surface area contributed by atoms with Gasteiger partial charge in [-0.15, -0.1) is 0 Å². The van der Waals surface area contributed by atoms with Gasteiger partial charge in [0.05, 0.1) is 11.3 Å². The second-order valence-corrected chi connectivity index (χ2v) is 4.33. The van der Waals surface area contributed by atoms with Crippen molar-refractivity contribution >= 4 is 5.91 Å². The number of rotatable bonds is 4. The molecule has 1 atom stereocenters. The van der Waals surface area contributed by atoms with Crippen LogP contribution in [0.5, 0.6) is 0 Å². The summed E-state index contributed by atoms with van der Waals surface area (Å²) in [7, 11) is 1.86. The Morgan fingerprint density at radius 1 is 1.50 bits per heavy atom. The lowest BCUT2D eigenvalue weighted by Gasteiger charge is -2.12. The summed E-state index contributed by atoms with van der Waals surface area (Å²) in [5.74, 6) is -0.0101. The second-order valence-electron chi connectivity index (χ2n) is 4.33. The molecule has 0 aliphatic rings. The van der Waals surface area contributed by atoms with E-state index in [-0.39, 0.29) is 11.9 Å². The Bertz CT molecular complexity index is 382. The fraction of sp³-hybridized carbons (Fsp3) is 0.667. The summed E-state index contributed by atoms with van der Waals surface area (Å²) in [6, 6.07) is 0.219. The van der Waals surface area contributed by atoms with Crippen LogP contribution in [0.1, 0.15) is 48.4 Å². The minimum absolute atomic E-state index is 0.0101. The summed E-state index contributed by atoms with van der Waals surface area (Å²) >= 11 is 0. The summed E-state index contributed by atoms with van der Waals surface area (Å²) in [5.41, 5.74) is 2.42. The highest BCUT2D eigenvalue weighted by Gasteiger charge is 2.18. The molecule has 1 N–H and O–H groups in total. The fourth-order valence-corrected chi connectivity index (χ4v) is 1.90. The zero-order valence-electron chi connectivity index (χ0n) is 10.8. The van der Waals surface area contributed by atoms with Crippen LogP contribution < -0.4 is 5.32 Å². The molecule has 0 aromatic carbocycles. The third-order valence-corrected chi connectivity index (χ3v) is 2.84. The van der Waals surface area contributed by atoms with Crippen molar-refractivity contribution in [1.82, 2.24) is 15.1 Å². The largest absolute Gasteiger partial charge is 0.349 e. The average molecular weight is 223 g/mol. The number of carbonyl (C=O) groups is 1. The van der Waals surface area contributed by atoms with Gasteiger partial charge in [0.1, 0.15) is 0 Å². The van der Waals surface area contributed by atoms with Crippen LogP contribution >= 0.6 is 0 Å².